The highest BCUT2D eigenvalue weighted by Gasteiger charge is 2.14. The molecule has 1 rings (SSSR count). The standard InChI is InChI=1S/C12H14ClNO4/c13-10-3-1-2-9(5-10)12(18)14-6-8(7-15)4-11(16)17/h1-3,5,8,15H,4,6-7H2,(H,14,18)(H,16,17). The Morgan fingerprint density at radius 2 is 2.11 bits per heavy atom. The average Bonchev–Trinajstić information content (AvgIpc) is 2.33. The predicted octanol–water partition coefficient (Wildman–Crippen LogP) is 1.15. The Labute approximate surface area is 109 Å². The van der Waals surface area contributed by atoms with Crippen molar-refractivity contribution in [3.05, 3.63) is 34.9 Å². The van der Waals surface area contributed by atoms with Crippen LogP contribution >= 0.6 is 11.6 Å². The number of rotatable bonds is 6. The maximum Gasteiger partial charge on any atom is 0.303 e. The van der Waals surface area contributed by atoms with Crippen LogP contribution in [0.1, 0.15) is 16.8 Å². The number of carboxylic acids is 1. The number of nitrogens with one attached hydrogen (secondary N) is 1. The molecular weight excluding hydrogens is 258 g/mol. The fourth-order valence-corrected chi connectivity index (χ4v) is 1.61. The van der Waals surface area contributed by atoms with Crippen molar-refractivity contribution in [2.45, 2.75) is 6.42 Å². The zero-order valence-corrected chi connectivity index (χ0v) is 10.4. The van der Waals surface area contributed by atoms with Gasteiger partial charge in [-0.1, -0.05) is 17.7 Å². The largest absolute Gasteiger partial charge is 0.481 e. The summed E-state index contributed by atoms with van der Waals surface area (Å²) in [6, 6.07) is 6.42. The van der Waals surface area contributed by atoms with Crippen molar-refractivity contribution < 1.29 is 19.8 Å². The molecule has 0 heterocycles. The molecule has 3 N–H and O–H groups in total. The Kier molecular flexibility index (Phi) is 5.61. The molecule has 0 spiro atoms. The summed E-state index contributed by atoms with van der Waals surface area (Å²) in [5, 5.41) is 20.6. The van der Waals surface area contributed by atoms with E-state index in [-0.39, 0.29) is 25.5 Å². The molecule has 0 aliphatic heterocycles. The number of benzene rings is 1. The smallest absolute Gasteiger partial charge is 0.303 e. The van der Waals surface area contributed by atoms with Crippen LogP contribution < -0.4 is 5.32 Å². The third-order valence-corrected chi connectivity index (χ3v) is 2.59. The second kappa shape index (κ2) is 6.98. The molecule has 1 aromatic rings. The quantitative estimate of drug-likeness (QED) is 0.724. The molecule has 0 fully saturated rings. The summed E-state index contributed by atoms with van der Waals surface area (Å²) in [7, 11) is 0. The number of hydrogen-bond donors (Lipinski definition) is 3. The molecule has 0 aliphatic carbocycles. The zero-order chi connectivity index (χ0) is 13.5. The second-order valence-corrected chi connectivity index (χ2v) is 4.30. The van der Waals surface area contributed by atoms with Gasteiger partial charge in [0.15, 0.2) is 0 Å². The van der Waals surface area contributed by atoms with Gasteiger partial charge >= 0.3 is 5.97 Å². The lowest BCUT2D eigenvalue weighted by Gasteiger charge is -2.12. The van der Waals surface area contributed by atoms with E-state index in [1.807, 2.05) is 0 Å². The Morgan fingerprint density at radius 3 is 2.67 bits per heavy atom. The van der Waals surface area contributed by atoms with Gasteiger partial charge in [-0.3, -0.25) is 9.59 Å². The number of aliphatic hydroxyl groups is 1. The van der Waals surface area contributed by atoms with Crippen LogP contribution in [0.4, 0.5) is 0 Å². The van der Waals surface area contributed by atoms with Crippen molar-refractivity contribution in [2.24, 2.45) is 5.92 Å². The number of hydrogen-bond acceptors (Lipinski definition) is 3. The first-order valence-electron chi connectivity index (χ1n) is 5.39. The molecular formula is C12H14ClNO4. The molecule has 1 amide bonds. The molecule has 0 aliphatic rings. The summed E-state index contributed by atoms with van der Waals surface area (Å²) >= 11 is 5.75. The molecule has 0 aromatic heterocycles. The van der Waals surface area contributed by atoms with Crippen LogP contribution in [-0.4, -0.2) is 35.2 Å². The van der Waals surface area contributed by atoms with Gasteiger partial charge in [0.1, 0.15) is 0 Å². The number of carbonyl (C=O) groups excluding carboxylic acids is 1. The van der Waals surface area contributed by atoms with E-state index >= 15 is 0 Å². The fourth-order valence-electron chi connectivity index (χ4n) is 1.42. The lowest BCUT2D eigenvalue weighted by molar-refractivity contribution is -0.138. The summed E-state index contributed by atoms with van der Waals surface area (Å²) in [6.45, 7) is -0.184. The minimum absolute atomic E-state index is 0.105. The molecule has 0 bridgehead atoms. The first-order valence-corrected chi connectivity index (χ1v) is 5.77. The van der Waals surface area contributed by atoms with Gasteiger partial charge in [-0.25, -0.2) is 0 Å². The summed E-state index contributed by atoms with van der Waals surface area (Å²) in [5.41, 5.74) is 0.398. The number of carboxylic acid groups (broad SMARTS) is 1. The predicted molar refractivity (Wildman–Crippen MR) is 66.6 cm³/mol. The molecule has 1 atom stereocenters. The molecule has 0 radical (unpaired) electrons. The van der Waals surface area contributed by atoms with Gasteiger partial charge < -0.3 is 15.5 Å². The molecule has 18 heavy (non-hydrogen) atoms. The normalized spacial score (nSPS) is 11.9. The van der Waals surface area contributed by atoms with Crippen LogP contribution in [0.15, 0.2) is 24.3 Å². The van der Waals surface area contributed by atoms with Gasteiger partial charge in [-0.15, -0.1) is 0 Å². The third kappa shape index (κ3) is 4.73. The van der Waals surface area contributed by atoms with E-state index in [4.69, 9.17) is 21.8 Å². The van der Waals surface area contributed by atoms with Crippen LogP contribution in [0.5, 0.6) is 0 Å². The lowest BCUT2D eigenvalue weighted by Crippen LogP contribution is -2.31. The summed E-state index contributed by atoms with van der Waals surface area (Å²) in [4.78, 5) is 22.2. The number of amides is 1. The first-order chi connectivity index (χ1) is 8.52. The average molecular weight is 272 g/mol. The van der Waals surface area contributed by atoms with Gasteiger partial charge in [-0.2, -0.15) is 0 Å². The Bertz CT molecular complexity index is 436. The van der Waals surface area contributed by atoms with Crippen LogP contribution in [0.25, 0.3) is 0 Å². The zero-order valence-electron chi connectivity index (χ0n) is 9.60. The summed E-state index contributed by atoms with van der Waals surface area (Å²) < 4.78 is 0. The van der Waals surface area contributed by atoms with Gasteiger partial charge in [0.25, 0.3) is 5.91 Å². The summed E-state index contributed by atoms with van der Waals surface area (Å²) in [6.07, 6.45) is -0.188. The Balaban J connectivity index is 2.52. The summed E-state index contributed by atoms with van der Waals surface area (Å²) in [5.74, 6) is -1.85. The van der Waals surface area contributed by atoms with E-state index in [2.05, 4.69) is 5.32 Å². The second-order valence-electron chi connectivity index (χ2n) is 3.87. The molecule has 0 saturated carbocycles. The highest BCUT2D eigenvalue weighted by molar-refractivity contribution is 6.30. The lowest BCUT2D eigenvalue weighted by atomic mass is 10.1. The van der Waals surface area contributed by atoms with Gasteiger partial charge in [0, 0.05) is 29.7 Å². The maximum absolute atomic E-state index is 11.7. The van der Waals surface area contributed by atoms with Gasteiger partial charge in [0.2, 0.25) is 0 Å². The van der Waals surface area contributed by atoms with Crippen molar-refractivity contribution in [1.29, 1.82) is 0 Å². The van der Waals surface area contributed by atoms with E-state index in [0.29, 0.717) is 10.6 Å². The highest BCUT2D eigenvalue weighted by Crippen LogP contribution is 2.10. The minimum Gasteiger partial charge on any atom is -0.481 e. The van der Waals surface area contributed by atoms with Crippen LogP contribution in [0, 0.1) is 5.92 Å². The van der Waals surface area contributed by atoms with E-state index in [0.717, 1.165) is 0 Å². The molecule has 98 valence electrons. The van der Waals surface area contributed by atoms with E-state index < -0.39 is 11.9 Å². The third-order valence-electron chi connectivity index (χ3n) is 2.36. The van der Waals surface area contributed by atoms with Crippen molar-refractivity contribution >= 4 is 23.5 Å². The van der Waals surface area contributed by atoms with Crippen LogP contribution in [0.3, 0.4) is 0 Å². The fraction of sp³-hybridized carbons (Fsp3) is 0.333. The molecule has 1 aromatic carbocycles. The van der Waals surface area contributed by atoms with Crippen molar-refractivity contribution in [2.75, 3.05) is 13.2 Å². The van der Waals surface area contributed by atoms with Gasteiger partial charge in [-0.05, 0) is 18.2 Å². The van der Waals surface area contributed by atoms with E-state index in [1.54, 1.807) is 18.2 Å². The number of aliphatic carboxylic acids is 1. The number of aliphatic hydroxyl groups excluding tert-OH is 1. The highest BCUT2D eigenvalue weighted by atomic mass is 35.5. The molecule has 0 saturated heterocycles. The number of halogens is 1. The molecule has 1 unspecified atom stereocenters. The molecule has 6 heteroatoms. The first kappa shape index (κ1) is 14.5. The Morgan fingerprint density at radius 1 is 1.39 bits per heavy atom. The van der Waals surface area contributed by atoms with Gasteiger partial charge in [0.05, 0.1) is 6.42 Å². The van der Waals surface area contributed by atoms with Crippen LogP contribution in [0.2, 0.25) is 5.02 Å². The van der Waals surface area contributed by atoms with Crippen LogP contribution in [-0.2, 0) is 4.79 Å². The molecule has 5 nitrogen and oxygen atoms in total. The van der Waals surface area contributed by atoms with Crippen molar-refractivity contribution in [1.82, 2.24) is 5.32 Å². The van der Waals surface area contributed by atoms with Crippen molar-refractivity contribution in [3.63, 3.8) is 0 Å². The SMILES string of the molecule is O=C(O)CC(CO)CNC(=O)c1cccc(Cl)c1. The number of carbonyl (C=O) groups is 2. The van der Waals surface area contributed by atoms with E-state index in [1.165, 1.54) is 6.07 Å². The minimum atomic E-state index is -1.01. The van der Waals surface area contributed by atoms with Crippen molar-refractivity contribution in [3.8, 4) is 0 Å². The topological polar surface area (TPSA) is 86.6 Å². The van der Waals surface area contributed by atoms with E-state index in [9.17, 15) is 9.59 Å². The monoisotopic (exact) mass is 271 g/mol. The maximum atomic E-state index is 11.7. The Hall–Kier alpha value is -1.59.